The molecule has 2 rings (SSSR count). The monoisotopic (exact) mass is 343 g/mol. The summed E-state index contributed by atoms with van der Waals surface area (Å²) < 4.78 is 38.2. The average Bonchev–Trinajstić information content (AvgIpc) is 3.03. The van der Waals surface area contributed by atoms with Crippen LogP contribution in [0.3, 0.4) is 0 Å². The Morgan fingerprint density at radius 2 is 2.04 bits per heavy atom. The molecule has 1 aliphatic rings. The van der Waals surface area contributed by atoms with Gasteiger partial charge < -0.3 is 16.5 Å². The van der Waals surface area contributed by atoms with E-state index in [1.165, 1.54) is 17.0 Å². The van der Waals surface area contributed by atoms with E-state index in [-0.39, 0.29) is 24.6 Å². The maximum Gasteiger partial charge on any atom is 0.416 e. The lowest BCUT2D eigenvalue weighted by Gasteiger charge is -2.17. The molecule has 10 heteroatoms. The summed E-state index contributed by atoms with van der Waals surface area (Å²) in [7, 11) is 0. The molecule has 0 aliphatic carbocycles. The van der Waals surface area contributed by atoms with Crippen molar-refractivity contribution in [1.29, 1.82) is 0 Å². The van der Waals surface area contributed by atoms with E-state index in [4.69, 9.17) is 11.6 Å². The van der Waals surface area contributed by atoms with Crippen molar-refractivity contribution in [2.75, 3.05) is 13.1 Å². The van der Waals surface area contributed by atoms with Gasteiger partial charge in [0.15, 0.2) is 0 Å². The van der Waals surface area contributed by atoms with Gasteiger partial charge >= 0.3 is 6.18 Å². The molecular formula is C14H16F3N5O2. The first-order valence-electron chi connectivity index (χ1n) is 7.03. The van der Waals surface area contributed by atoms with Gasteiger partial charge in [-0.25, -0.2) is 0 Å². The number of amides is 2. The Balaban J connectivity index is 2.06. The molecule has 1 unspecified atom stereocenters. The summed E-state index contributed by atoms with van der Waals surface area (Å²) in [4.78, 5) is 25.6. The van der Waals surface area contributed by atoms with Crippen LogP contribution in [0.4, 0.5) is 13.2 Å². The summed E-state index contributed by atoms with van der Waals surface area (Å²) in [5.41, 5.74) is 4.32. The van der Waals surface area contributed by atoms with Crippen LogP contribution >= 0.6 is 0 Å². The van der Waals surface area contributed by atoms with Gasteiger partial charge in [-0.05, 0) is 24.6 Å². The normalized spacial score (nSPS) is 18.5. The second-order valence-electron chi connectivity index (χ2n) is 5.32. The molecule has 1 saturated heterocycles. The number of halogens is 3. The van der Waals surface area contributed by atoms with Crippen LogP contribution in [0.1, 0.15) is 22.3 Å². The van der Waals surface area contributed by atoms with Crippen molar-refractivity contribution in [2.45, 2.75) is 12.6 Å². The highest BCUT2D eigenvalue weighted by molar-refractivity contribution is 5.98. The summed E-state index contributed by atoms with van der Waals surface area (Å²) in [6.45, 7) is 0.339. The minimum Gasteiger partial charge on any atom is -0.368 e. The van der Waals surface area contributed by atoms with Gasteiger partial charge in [-0.1, -0.05) is 6.07 Å². The lowest BCUT2D eigenvalue weighted by Crippen LogP contribution is -2.42. The summed E-state index contributed by atoms with van der Waals surface area (Å²) in [5, 5.41) is 5.39. The Morgan fingerprint density at radius 1 is 1.33 bits per heavy atom. The first kappa shape index (κ1) is 17.6. The largest absolute Gasteiger partial charge is 0.416 e. The molecular weight excluding hydrogens is 327 g/mol. The number of hydrogen-bond acceptors (Lipinski definition) is 4. The predicted molar refractivity (Wildman–Crippen MR) is 79.4 cm³/mol. The van der Waals surface area contributed by atoms with Crippen LogP contribution in [0.5, 0.6) is 0 Å². The van der Waals surface area contributed by atoms with E-state index in [1.54, 1.807) is 0 Å². The van der Waals surface area contributed by atoms with Crippen molar-refractivity contribution in [3.05, 3.63) is 35.4 Å². The smallest absolute Gasteiger partial charge is 0.368 e. The van der Waals surface area contributed by atoms with E-state index in [0.29, 0.717) is 6.42 Å². The molecule has 0 spiro atoms. The van der Waals surface area contributed by atoms with Crippen LogP contribution in [0.2, 0.25) is 0 Å². The Hall–Kier alpha value is -2.78. The van der Waals surface area contributed by atoms with Crippen LogP contribution in [0, 0.1) is 5.92 Å². The van der Waals surface area contributed by atoms with Crippen LogP contribution in [0.25, 0.3) is 0 Å². The summed E-state index contributed by atoms with van der Waals surface area (Å²) in [6, 6.07) is 4.18. The van der Waals surface area contributed by atoms with E-state index < -0.39 is 29.5 Å². The Morgan fingerprint density at radius 3 is 2.67 bits per heavy atom. The van der Waals surface area contributed by atoms with Gasteiger partial charge in [-0.15, -0.1) is 5.10 Å². The topological polar surface area (TPSA) is 114 Å². The number of alkyl halides is 3. The molecule has 1 fully saturated rings. The number of likely N-dealkylation sites (tertiary alicyclic amines) is 1. The van der Waals surface area contributed by atoms with Crippen molar-refractivity contribution in [3.8, 4) is 0 Å². The number of nitrogens with two attached hydrogens (primary N) is 2. The zero-order valence-electron chi connectivity index (χ0n) is 12.5. The number of rotatable bonds is 2. The zero-order valence-corrected chi connectivity index (χ0v) is 12.5. The fourth-order valence-corrected chi connectivity index (χ4v) is 2.43. The number of nitrogens with one attached hydrogen (secondary N) is 1. The lowest BCUT2D eigenvalue weighted by molar-refractivity contribution is -0.137. The van der Waals surface area contributed by atoms with Gasteiger partial charge in [0, 0.05) is 18.7 Å². The van der Waals surface area contributed by atoms with E-state index in [0.717, 1.165) is 12.1 Å². The summed E-state index contributed by atoms with van der Waals surface area (Å²) >= 11 is 0. The van der Waals surface area contributed by atoms with Gasteiger partial charge in [0.05, 0.1) is 11.5 Å². The van der Waals surface area contributed by atoms with Gasteiger partial charge in [-0.3, -0.25) is 14.9 Å². The fraction of sp³-hybridized carbons (Fsp3) is 0.357. The third kappa shape index (κ3) is 3.94. The first-order valence-corrected chi connectivity index (χ1v) is 7.03. The van der Waals surface area contributed by atoms with Crippen LogP contribution in [-0.4, -0.2) is 35.8 Å². The average molecular weight is 343 g/mol. The molecule has 24 heavy (non-hydrogen) atoms. The predicted octanol–water partition coefficient (Wildman–Crippen LogP) is 0.472. The van der Waals surface area contributed by atoms with Crippen LogP contribution < -0.4 is 16.9 Å². The van der Waals surface area contributed by atoms with Gasteiger partial charge in [0.1, 0.15) is 0 Å². The maximum absolute atomic E-state index is 12.7. The molecule has 5 N–H and O–H groups in total. The number of nitrogens with zero attached hydrogens (tertiary/aromatic N) is 2. The van der Waals surface area contributed by atoms with Crippen LogP contribution in [0.15, 0.2) is 29.4 Å². The van der Waals surface area contributed by atoms with Crippen LogP contribution in [-0.2, 0) is 11.0 Å². The molecule has 1 heterocycles. The first-order chi connectivity index (χ1) is 11.2. The third-order valence-corrected chi connectivity index (χ3v) is 3.67. The van der Waals surface area contributed by atoms with Crippen molar-refractivity contribution >= 4 is 17.8 Å². The number of guanidine groups is 1. The highest BCUT2D eigenvalue weighted by Crippen LogP contribution is 2.30. The molecule has 1 aromatic rings. The third-order valence-electron chi connectivity index (χ3n) is 3.67. The number of carbonyl (C=O) groups excluding carboxylic acids is 2. The molecule has 130 valence electrons. The Bertz CT molecular complexity index is 675. The fourth-order valence-electron chi connectivity index (χ4n) is 2.43. The summed E-state index contributed by atoms with van der Waals surface area (Å²) in [6.07, 6.45) is -4.16. The molecule has 7 nitrogen and oxygen atoms in total. The molecule has 0 radical (unpaired) electrons. The highest BCUT2D eigenvalue weighted by Gasteiger charge is 2.34. The minimum atomic E-state index is -4.52. The standard InChI is InChI=1S/C14H16F3N5O2/c15-14(16,17)10-3-1-2-8(6-10)12(24)22-5-4-9(7-22)11(23)20-13(18)21-19/h1-3,6,9H,4-5,7,19H2,(H3,18,20,21,23). The quantitative estimate of drug-likeness (QED) is 0.313. The van der Waals surface area contributed by atoms with Crippen molar-refractivity contribution in [1.82, 2.24) is 10.2 Å². The molecule has 2 amide bonds. The molecule has 0 saturated carbocycles. The molecule has 0 bridgehead atoms. The zero-order chi connectivity index (χ0) is 17.9. The maximum atomic E-state index is 12.7. The van der Waals surface area contributed by atoms with E-state index >= 15 is 0 Å². The van der Waals surface area contributed by atoms with E-state index in [2.05, 4.69) is 10.4 Å². The van der Waals surface area contributed by atoms with E-state index in [9.17, 15) is 22.8 Å². The molecule has 1 atom stereocenters. The Labute approximate surface area is 135 Å². The minimum absolute atomic E-state index is 0.0751. The SMILES string of the molecule is N/N=C(\N)NC(=O)C1CCN(C(=O)c2cccc(C(F)(F)F)c2)C1. The van der Waals surface area contributed by atoms with Crippen molar-refractivity contribution < 1.29 is 22.8 Å². The second-order valence-corrected chi connectivity index (χ2v) is 5.32. The second kappa shape index (κ2) is 6.77. The number of carbonyl (C=O) groups is 2. The summed E-state index contributed by atoms with van der Waals surface area (Å²) in [5.74, 6) is 3.13. The van der Waals surface area contributed by atoms with Gasteiger partial charge in [-0.2, -0.15) is 13.2 Å². The molecule has 1 aliphatic heterocycles. The Kier molecular flexibility index (Phi) is 4.96. The van der Waals surface area contributed by atoms with Crippen molar-refractivity contribution in [2.24, 2.45) is 22.6 Å². The highest BCUT2D eigenvalue weighted by atomic mass is 19.4. The number of benzene rings is 1. The van der Waals surface area contributed by atoms with Gasteiger partial charge in [0.25, 0.3) is 5.91 Å². The lowest BCUT2D eigenvalue weighted by atomic mass is 10.1. The van der Waals surface area contributed by atoms with E-state index in [1.807, 2.05) is 0 Å². The molecule has 1 aromatic carbocycles. The number of hydrogen-bond donors (Lipinski definition) is 3. The number of hydrazone groups is 1. The van der Waals surface area contributed by atoms with Gasteiger partial charge in [0.2, 0.25) is 11.9 Å². The van der Waals surface area contributed by atoms with Crippen molar-refractivity contribution in [3.63, 3.8) is 0 Å². The molecule has 0 aromatic heterocycles.